The summed E-state index contributed by atoms with van der Waals surface area (Å²) >= 11 is 6.36. The summed E-state index contributed by atoms with van der Waals surface area (Å²) in [6.07, 6.45) is 4.36. The number of halogens is 1. The molecule has 5 rings (SSSR count). The minimum absolute atomic E-state index is 0.117. The third-order valence-corrected chi connectivity index (χ3v) is 6.21. The largest absolute Gasteiger partial charge is 0.508 e. The normalized spacial score (nSPS) is 13.9. The average Bonchev–Trinajstić information content (AvgIpc) is 3.50. The van der Waals surface area contributed by atoms with Crippen molar-refractivity contribution < 1.29 is 14.6 Å². The molecule has 8 nitrogen and oxygen atoms in total. The monoisotopic (exact) mass is 479 g/mol. The zero-order chi connectivity index (χ0) is 23.5. The summed E-state index contributed by atoms with van der Waals surface area (Å²) in [5.41, 5.74) is 2.81. The lowest BCUT2D eigenvalue weighted by atomic mass is 10.1. The number of anilines is 2. The van der Waals surface area contributed by atoms with Crippen molar-refractivity contribution >= 4 is 28.9 Å². The second kappa shape index (κ2) is 9.79. The minimum Gasteiger partial charge on any atom is -0.508 e. The van der Waals surface area contributed by atoms with Crippen LogP contribution in [0.2, 0.25) is 5.02 Å². The quantitative estimate of drug-likeness (QED) is 0.368. The number of ether oxygens (including phenoxy) is 2. The maximum absolute atomic E-state index is 9.91. The van der Waals surface area contributed by atoms with E-state index in [2.05, 4.69) is 20.3 Å². The molecule has 0 unspecified atom stereocenters. The molecule has 2 aromatic heterocycles. The standard InChI is InChI=1S/C25H26ClN5O3/c1-33-23-15-24-28-25(29-31(24)16-21(23)20-14-18(32)6-9-22(20)26)27-17-4-7-19(8-5-17)34-13-12-30-10-2-3-11-30/h4-9,14-16,32H,2-3,10-13H2,1H3,(H,27,29). The van der Waals surface area contributed by atoms with Gasteiger partial charge in [-0.05, 0) is 68.4 Å². The third-order valence-electron chi connectivity index (χ3n) is 5.88. The van der Waals surface area contributed by atoms with Crippen LogP contribution in [0.3, 0.4) is 0 Å². The van der Waals surface area contributed by atoms with E-state index in [9.17, 15) is 5.11 Å². The van der Waals surface area contributed by atoms with E-state index in [0.717, 1.165) is 18.0 Å². The fourth-order valence-corrected chi connectivity index (χ4v) is 4.34. The first kappa shape index (κ1) is 22.3. The van der Waals surface area contributed by atoms with Crippen molar-refractivity contribution in [2.45, 2.75) is 12.8 Å². The molecular weight excluding hydrogens is 454 g/mol. The number of rotatable bonds is 8. The van der Waals surface area contributed by atoms with Gasteiger partial charge in [0.05, 0.1) is 7.11 Å². The van der Waals surface area contributed by atoms with Gasteiger partial charge in [-0.3, -0.25) is 4.90 Å². The molecule has 0 amide bonds. The van der Waals surface area contributed by atoms with Crippen molar-refractivity contribution in [2.24, 2.45) is 0 Å². The Morgan fingerprint density at radius 2 is 1.85 bits per heavy atom. The van der Waals surface area contributed by atoms with Crippen LogP contribution in [0.25, 0.3) is 16.8 Å². The van der Waals surface area contributed by atoms with Gasteiger partial charge in [0.2, 0.25) is 5.95 Å². The highest BCUT2D eigenvalue weighted by Crippen LogP contribution is 2.37. The van der Waals surface area contributed by atoms with Gasteiger partial charge in [-0.1, -0.05) is 11.6 Å². The van der Waals surface area contributed by atoms with Gasteiger partial charge in [0.25, 0.3) is 0 Å². The predicted molar refractivity (Wildman–Crippen MR) is 133 cm³/mol. The molecule has 0 atom stereocenters. The topological polar surface area (TPSA) is 84.2 Å². The Labute approximate surface area is 202 Å². The number of pyridine rings is 1. The van der Waals surface area contributed by atoms with Gasteiger partial charge in [0, 0.05) is 40.6 Å². The number of benzene rings is 2. The molecule has 1 aliphatic heterocycles. The number of likely N-dealkylation sites (tertiary alicyclic amines) is 1. The van der Waals surface area contributed by atoms with Gasteiger partial charge in [0.15, 0.2) is 5.65 Å². The van der Waals surface area contributed by atoms with Gasteiger partial charge in [-0.2, -0.15) is 4.98 Å². The number of aromatic nitrogens is 3. The number of phenolic OH excluding ortho intramolecular Hbond substituents is 1. The van der Waals surface area contributed by atoms with Gasteiger partial charge < -0.3 is 19.9 Å². The van der Waals surface area contributed by atoms with E-state index in [0.29, 0.717) is 40.1 Å². The van der Waals surface area contributed by atoms with Crippen molar-refractivity contribution in [2.75, 3.05) is 38.7 Å². The molecule has 176 valence electrons. The lowest BCUT2D eigenvalue weighted by Crippen LogP contribution is -2.25. The van der Waals surface area contributed by atoms with E-state index >= 15 is 0 Å². The van der Waals surface area contributed by atoms with Crippen molar-refractivity contribution in [3.63, 3.8) is 0 Å². The molecule has 2 aromatic carbocycles. The molecule has 0 spiro atoms. The molecule has 0 aliphatic carbocycles. The summed E-state index contributed by atoms with van der Waals surface area (Å²) in [7, 11) is 1.58. The molecule has 1 fully saturated rings. The second-order valence-corrected chi connectivity index (χ2v) is 8.61. The van der Waals surface area contributed by atoms with Gasteiger partial charge in [-0.25, -0.2) is 4.52 Å². The van der Waals surface area contributed by atoms with Gasteiger partial charge in [-0.15, -0.1) is 5.10 Å². The zero-order valence-corrected chi connectivity index (χ0v) is 19.6. The van der Waals surface area contributed by atoms with Crippen LogP contribution in [0.5, 0.6) is 17.2 Å². The van der Waals surface area contributed by atoms with Crippen molar-refractivity contribution in [1.82, 2.24) is 19.5 Å². The molecule has 0 radical (unpaired) electrons. The first-order valence-corrected chi connectivity index (χ1v) is 11.6. The predicted octanol–water partition coefficient (Wildman–Crippen LogP) is 4.98. The van der Waals surface area contributed by atoms with Crippen molar-refractivity contribution in [1.29, 1.82) is 0 Å². The van der Waals surface area contributed by atoms with E-state index in [4.69, 9.17) is 21.1 Å². The summed E-state index contributed by atoms with van der Waals surface area (Å²) in [5, 5.41) is 18.2. The molecule has 9 heteroatoms. The summed E-state index contributed by atoms with van der Waals surface area (Å²) in [6.45, 7) is 4.00. The number of phenols is 1. The van der Waals surface area contributed by atoms with E-state index in [1.807, 2.05) is 24.3 Å². The number of hydrogen-bond acceptors (Lipinski definition) is 7. The molecule has 1 aliphatic rings. The number of aromatic hydroxyl groups is 1. The maximum atomic E-state index is 9.91. The van der Waals surface area contributed by atoms with Crippen LogP contribution in [0.15, 0.2) is 54.7 Å². The highest BCUT2D eigenvalue weighted by molar-refractivity contribution is 6.33. The highest BCUT2D eigenvalue weighted by Gasteiger charge is 2.15. The summed E-state index contributed by atoms with van der Waals surface area (Å²) < 4.78 is 13.1. The van der Waals surface area contributed by atoms with Crippen LogP contribution in [0, 0.1) is 0 Å². The SMILES string of the molecule is COc1cc2nc(Nc3ccc(OCCN4CCCC4)cc3)nn2cc1-c1cc(O)ccc1Cl. The Morgan fingerprint density at radius 1 is 1.06 bits per heavy atom. The molecule has 0 bridgehead atoms. The molecule has 1 saturated heterocycles. The van der Waals surface area contributed by atoms with Crippen LogP contribution in [0.4, 0.5) is 11.6 Å². The van der Waals surface area contributed by atoms with Gasteiger partial charge >= 0.3 is 0 Å². The Bertz CT molecular complexity index is 1290. The molecule has 2 N–H and O–H groups in total. The second-order valence-electron chi connectivity index (χ2n) is 8.20. The van der Waals surface area contributed by atoms with E-state index in [-0.39, 0.29) is 5.75 Å². The maximum Gasteiger partial charge on any atom is 0.247 e. The first-order valence-electron chi connectivity index (χ1n) is 11.2. The Hall–Kier alpha value is -3.49. The summed E-state index contributed by atoms with van der Waals surface area (Å²) in [6, 6.07) is 14.3. The van der Waals surface area contributed by atoms with Crippen LogP contribution < -0.4 is 14.8 Å². The molecule has 0 saturated carbocycles. The molecule has 3 heterocycles. The number of nitrogens with one attached hydrogen (secondary N) is 1. The fourth-order valence-electron chi connectivity index (χ4n) is 4.12. The first-order chi connectivity index (χ1) is 16.6. The summed E-state index contributed by atoms with van der Waals surface area (Å²) in [4.78, 5) is 6.98. The minimum atomic E-state index is 0.117. The van der Waals surface area contributed by atoms with Gasteiger partial charge in [0.1, 0.15) is 23.9 Å². The number of nitrogens with zero attached hydrogens (tertiary/aromatic N) is 4. The van der Waals surface area contributed by atoms with E-state index in [1.165, 1.54) is 32.0 Å². The number of methoxy groups -OCH3 is 1. The molecule has 4 aromatic rings. The van der Waals surface area contributed by atoms with Crippen LogP contribution in [-0.2, 0) is 0 Å². The Kier molecular flexibility index (Phi) is 6.42. The third kappa shape index (κ3) is 4.88. The number of fused-ring (bicyclic) bond motifs is 1. The fraction of sp³-hybridized carbons (Fsp3) is 0.280. The molecule has 34 heavy (non-hydrogen) atoms. The van der Waals surface area contributed by atoms with E-state index < -0.39 is 0 Å². The average molecular weight is 480 g/mol. The van der Waals surface area contributed by atoms with Crippen molar-refractivity contribution in [3.8, 4) is 28.4 Å². The zero-order valence-electron chi connectivity index (χ0n) is 18.9. The summed E-state index contributed by atoms with van der Waals surface area (Å²) in [5.74, 6) is 1.98. The number of hydrogen-bond donors (Lipinski definition) is 2. The lowest BCUT2D eigenvalue weighted by Gasteiger charge is -2.15. The van der Waals surface area contributed by atoms with Crippen LogP contribution >= 0.6 is 11.6 Å². The van der Waals surface area contributed by atoms with Crippen LogP contribution in [0.1, 0.15) is 12.8 Å². The van der Waals surface area contributed by atoms with E-state index in [1.54, 1.807) is 36.0 Å². The van der Waals surface area contributed by atoms with Crippen molar-refractivity contribution in [3.05, 3.63) is 59.8 Å². The Balaban J connectivity index is 1.31. The smallest absolute Gasteiger partial charge is 0.247 e. The molecular formula is C25H26ClN5O3. The Morgan fingerprint density at radius 3 is 2.62 bits per heavy atom. The highest BCUT2D eigenvalue weighted by atomic mass is 35.5. The lowest BCUT2D eigenvalue weighted by molar-refractivity contribution is 0.238. The van der Waals surface area contributed by atoms with Crippen LogP contribution in [-0.4, -0.2) is 58.0 Å².